The van der Waals surface area contributed by atoms with Crippen LogP contribution in [0.3, 0.4) is 0 Å². The summed E-state index contributed by atoms with van der Waals surface area (Å²) >= 11 is 0. The molecule has 19 heavy (non-hydrogen) atoms. The molecule has 1 aromatic carbocycles. The van der Waals surface area contributed by atoms with Gasteiger partial charge in [-0.1, -0.05) is 26.0 Å². The summed E-state index contributed by atoms with van der Waals surface area (Å²) in [5.41, 5.74) is 3.35. The highest BCUT2D eigenvalue weighted by Crippen LogP contribution is 2.23. The minimum atomic E-state index is 0.137. The largest absolute Gasteiger partial charge is 0.326 e. The Morgan fingerprint density at radius 3 is 2.89 bits per heavy atom. The normalized spacial score (nSPS) is 18.8. The second-order valence-corrected chi connectivity index (χ2v) is 5.84. The van der Waals surface area contributed by atoms with Gasteiger partial charge in [-0.15, -0.1) is 0 Å². The van der Waals surface area contributed by atoms with Crippen molar-refractivity contribution in [3.63, 3.8) is 0 Å². The number of benzene rings is 1. The van der Waals surface area contributed by atoms with Gasteiger partial charge in [0.15, 0.2) is 0 Å². The second kappa shape index (κ2) is 6.20. The third-order valence-corrected chi connectivity index (χ3v) is 3.84. The summed E-state index contributed by atoms with van der Waals surface area (Å²) < 4.78 is 0. The van der Waals surface area contributed by atoms with Gasteiger partial charge >= 0.3 is 0 Å². The summed E-state index contributed by atoms with van der Waals surface area (Å²) in [6.07, 6.45) is 1.73. The highest BCUT2D eigenvalue weighted by Gasteiger charge is 2.18. The van der Waals surface area contributed by atoms with Crippen molar-refractivity contribution >= 4 is 11.6 Å². The maximum atomic E-state index is 12.1. The number of nitrogens with one attached hydrogen (secondary N) is 2. The molecule has 1 amide bonds. The predicted octanol–water partition coefficient (Wildman–Crippen LogP) is 3.06. The molecule has 1 heterocycles. The third-order valence-electron chi connectivity index (χ3n) is 3.84. The molecule has 0 radical (unpaired) electrons. The molecule has 1 saturated heterocycles. The van der Waals surface area contributed by atoms with Gasteiger partial charge in [-0.05, 0) is 55.5 Å². The van der Waals surface area contributed by atoms with E-state index in [9.17, 15) is 4.79 Å². The lowest BCUT2D eigenvalue weighted by molar-refractivity contribution is -0.116. The van der Waals surface area contributed by atoms with Gasteiger partial charge < -0.3 is 10.6 Å². The van der Waals surface area contributed by atoms with Crippen molar-refractivity contribution in [2.75, 3.05) is 18.4 Å². The van der Waals surface area contributed by atoms with Gasteiger partial charge in [0.1, 0.15) is 0 Å². The molecule has 1 fully saturated rings. The lowest BCUT2D eigenvalue weighted by Crippen LogP contribution is -2.18. The van der Waals surface area contributed by atoms with E-state index in [1.165, 1.54) is 5.56 Å². The van der Waals surface area contributed by atoms with Crippen LogP contribution in [0.1, 0.15) is 43.7 Å². The van der Waals surface area contributed by atoms with Crippen LogP contribution >= 0.6 is 0 Å². The Morgan fingerprint density at radius 1 is 1.47 bits per heavy atom. The summed E-state index contributed by atoms with van der Waals surface area (Å²) in [4.78, 5) is 12.1. The molecule has 2 N–H and O–H groups in total. The first-order valence-corrected chi connectivity index (χ1v) is 7.17. The van der Waals surface area contributed by atoms with Crippen LogP contribution in [-0.4, -0.2) is 19.0 Å². The van der Waals surface area contributed by atoms with Crippen LogP contribution < -0.4 is 10.6 Å². The molecule has 3 nitrogen and oxygen atoms in total. The molecule has 0 aromatic heterocycles. The fourth-order valence-electron chi connectivity index (χ4n) is 2.49. The fourth-order valence-corrected chi connectivity index (χ4v) is 2.49. The minimum Gasteiger partial charge on any atom is -0.326 e. The third kappa shape index (κ3) is 3.80. The van der Waals surface area contributed by atoms with Crippen molar-refractivity contribution in [3.05, 3.63) is 29.3 Å². The molecule has 0 saturated carbocycles. The SMILES string of the molecule is Cc1ccc(C(C)C)cc1NC(=O)CC1CCNC1. The summed E-state index contributed by atoms with van der Waals surface area (Å²) in [7, 11) is 0. The summed E-state index contributed by atoms with van der Waals surface area (Å²) in [5, 5.41) is 6.36. The Morgan fingerprint density at radius 2 is 2.26 bits per heavy atom. The molecular formula is C16H24N2O. The topological polar surface area (TPSA) is 41.1 Å². The van der Waals surface area contributed by atoms with Crippen molar-refractivity contribution in [1.82, 2.24) is 5.32 Å². The van der Waals surface area contributed by atoms with E-state index < -0.39 is 0 Å². The smallest absolute Gasteiger partial charge is 0.224 e. The Kier molecular flexibility index (Phi) is 4.59. The van der Waals surface area contributed by atoms with Gasteiger partial charge in [0.05, 0.1) is 0 Å². The Labute approximate surface area is 115 Å². The summed E-state index contributed by atoms with van der Waals surface area (Å²) in [6.45, 7) is 8.38. The standard InChI is InChI=1S/C16H24N2O/c1-11(2)14-5-4-12(3)15(9-14)18-16(19)8-13-6-7-17-10-13/h4-5,9,11,13,17H,6-8,10H2,1-3H3,(H,18,19). The van der Waals surface area contributed by atoms with Crippen molar-refractivity contribution in [1.29, 1.82) is 0 Å². The van der Waals surface area contributed by atoms with Crippen molar-refractivity contribution in [2.24, 2.45) is 5.92 Å². The van der Waals surface area contributed by atoms with Crippen LogP contribution in [0.2, 0.25) is 0 Å². The van der Waals surface area contributed by atoms with Crippen LogP contribution in [0.15, 0.2) is 18.2 Å². The lowest BCUT2D eigenvalue weighted by atomic mass is 10.00. The molecule has 104 valence electrons. The van der Waals surface area contributed by atoms with Gasteiger partial charge in [-0.3, -0.25) is 4.79 Å². The molecule has 3 heteroatoms. The molecule has 2 rings (SSSR count). The van der Waals surface area contributed by atoms with Crippen LogP contribution in [0, 0.1) is 12.8 Å². The maximum Gasteiger partial charge on any atom is 0.224 e. The number of hydrogen-bond acceptors (Lipinski definition) is 2. The van der Waals surface area contributed by atoms with E-state index in [1.54, 1.807) is 0 Å². The van der Waals surface area contributed by atoms with E-state index in [4.69, 9.17) is 0 Å². The van der Waals surface area contributed by atoms with Crippen molar-refractivity contribution < 1.29 is 4.79 Å². The van der Waals surface area contributed by atoms with E-state index in [1.807, 2.05) is 6.92 Å². The number of rotatable bonds is 4. The van der Waals surface area contributed by atoms with Crippen LogP contribution in [0.4, 0.5) is 5.69 Å². The quantitative estimate of drug-likeness (QED) is 0.873. The summed E-state index contributed by atoms with van der Waals surface area (Å²) in [6, 6.07) is 6.32. The van der Waals surface area contributed by atoms with E-state index in [0.717, 1.165) is 30.8 Å². The predicted molar refractivity (Wildman–Crippen MR) is 79.5 cm³/mol. The zero-order valence-electron chi connectivity index (χ0n) is 12.1. The first-order valence-electron chi connectivity index (χ1n) is 7.17. The van der Waals surface area contributed by atoms with E-state index >= 15 is 0 Å². The average molecular weight is 260 g/mol. The Bertz CT molecular complexity index is 448. The highest BCUT2D eigenvalue weighted by atomic mass is 16.1. The lowest BCUT2D eigenvalue weighted by Gasteiger charge is -2.14. The van der Waals surface area contributed by atoms with Crippen LogP contribution in [-0.2, 0) is 4.79 Å². The molecule has 1 aliphatic heterocycles. The van der Waals surface area contributed by atoms with E-state index in [0.29, 0.717) is 18.3 Å². The van der Waals surface area contributed by atoms with Gasteiger partial charge in [0.25, 0.3) is 0 Å². The van der Waals surface area contributed by atoms with Gasteiger partial charge in [0.2, 0.25) is 5.91 Å². The second-order valence-electron chi connectivity index (χ2n) is 5.84. The van der Waals surface area contributed by atoms with Gasteiger partial charge in [0, 0.05) is 12.1 Å². The van der Waals surface area contributed by atoms with Gasteiger partial charge in [-0.25, -0.2) is 0 Å². The number of amides is 1. The molecule has 1 atom stereocenters. The zero-order chi connectivity index (χ0) is 13.8. The number of anilines is 1. The van der Waals surface area contributed by atoms with E-state index in [2.05, 4.69) is 42.7 Å². The Hall–Kier alpha value is -1.35. The summed E-state index contributed by atoms with van der Waals surface area (Å²) in [5.74, 6) is 1.11. The maximum absolute atomic E-state index is 12.1. The van der Waals surface area contributed by atoms with E-state index in [-0.39, 0.29) is 5.91 Å². The van der Waals surface area contributed by atoms with Crippen LogP contribution in [0.5, 0.6) is 0 Å². The number of carbonyl (C=O) groups is 1. The number of carbonyl (C=O) groups excluding carboxylic acids is 1. The van der Waals surface area contributed by atoms with Gasteiger partial charge in [-0.2, -0.15) is 0 Å². The molecule has 0 aliphatic carbocycles. The van der Waals surface area contributed by atoms with Crippen molar-refractivity contribution in [3.8, 4) is 0 Å². The molecule has 0 bridgehead atoms. The molecule has 1 unspecified atom stereocenters. The monoisotopic (exact) mass is 260 g/mol. The molecule has 0 spiro atoms. The Balaban J connectivity index is 2.00. The number of hydrogen-bond donors (Lipinski definition) is 2. The molecule has 1 aromatic rings. The molecule has 1 aliphatic rings. The first-order chi connectivity index (χ1) is 9.06. The van der Waals surface area contributed by atoms with Crippen molar-refractivity contribution in [2.45, 2.75) is 39.5 Å². The first kappa shape index (κ1) is 14.1. The number of aryl methyl sites for hydroxylation is 1. The fraction of sp³-hybridized carbons (Fsp3) is 0.562. The zero-order valence-corrected chi connectivity index (χ0v) is 12.1. The average Bonchev–Trinajstić information content (AvgIpc) is 2.84. The highest BCUT2D eigenvalue weighted by molar-refractivity contribution is 5.91. The van der Waals surface area contributed by atoms with Crippen LogP contribution in [0.25, 0.3) is 0 Å². The minimum absolute atomic E-state index is 0.137. The molecular weight excluding hydrogens is 236 g/mol.